The number of alkyl carbamates (subject to hydrolysis) is 1. The number of hydrogen-bond acceptors (Lipinski definition) is 6. The zero-order chi connectivity index (χ0) is 28.0. The zero-order valence-corrected chi connectivity index (χ0v) is 22.7. The van der Waals surface area contributed by atoms with E-state index in [1.54, 1.807) is 34.6 Å². The van der Waals surface area contributed by atoms with Gasteiger partial charge in [-0.25, -0.2) is 4.79 Å². The summed E-state index contributed by atoms with van der Waals surface area (Å²) in [6.45, 7) is 8.79. The molecular weight excluding hydrogens is 486 g/mol. The van der Waals surface area contributed by atoms with E-state index < -0.39 is 35.6 Å². The lowest BCUT2D eigenvalue weighted by molar-refractivity contribution is -0.161. The largest absolute Gasteiger partial charge is 0.481 e. The molecule has 1 aliphatic rings. The number of rotatable bonds is 11. The Morgan fingerprint density at radius 2 is 1.50 bits per heavy atom. The first-order valence-electron chi connectivity index (χ1n) is 13.0. The van der Waals surface area contributed by atoms with Gasteiger partial charge >= 0.3 is 18.0 Å². The molecule has 38 heavy (non-hydrogen) atoms. The molecule has 0 heterocycles. The Bertz CT molecular complexity index is 1140. The van der Waals surface area contributed by atoms with Crippen molar-refractivity contribution in [1.82, 2.24) is 5.32 Å². The fourth-order valence-electron chi connectivity index (χ4n) is 4.74. The maximum Gasteiger partial charge on any atom is 0.407 e. The lowest BCUT2D eigenvalue weighted by atomic mass is 9.90. The van der Waals surface area contributed by atoms with E-state index in [4.69, 9.17) is 14.6 Å². The van der Waals surface area contributed by atoms with Crippen molar-refractivity contribution < 1.29 is 33.8 Å². The Kier molecular flexibility index (Phi) is 9.31. The Labute approximate surface area is 223 Å². The molecule has 0 bridgehead atoms. The fourth-order valence-corrected chi connectivity index (χ4v) is 4.74. The number of fused-ring (bicyclic) bond motifs is 3. The summed E-state index contributed by atoms with van der Waals surface area (Å²) in [7, 11) is 0. The third-order valence-corrected chi connectivity index (χ3v) is 6.52. The Balaban J connectivity index is 1.66. The summed E-state index contributed by atoms with van der Waals surface area (Å²) in [5, 5.41) is 11.8. The van der Waals surface area contributed by atoms with Crippen LogP contribution in [0.5, 0.6) is 0 Å². The SMILES string of the molecule is CC(C)[C@H](NC(=O)OCC1c2ccccc2-c2ccccc21)C(=O)C[C@@H](CCC(=O)O)C(=O)OC(C)(C)C. The molecule has 0 fully saturated rings. The van der Waals surface area contributed by atoms with E-state index in [0.29, 0.717) is 0 Å². The van der Waals surface area contributed by atoms with Crippen LogP contribution in [-0.2, 0) is 23.9 Å². The van der Waals surface area contributed by atoms with Crippen LogP contribution in [0.2, 0.25) is 0 Å². The van der Waals surface area contributed by atoms with Gasteiger partial charge in [-0.3, -0.25) is 14.4 Å². The second-order valence-electron chi connectivity index (χ2n) is 11.0. The molecule has 3 rings (SSSR count). The first-order valence-corrected chi connectivity index (χ1v) is 13.0. The number of amides is 1. The molecule has 204 valence electrons. The molecule has 2 N–H and O–H groups in total. The molecule has 0 saturated heterocycles. The number of ketones is 1. The molecular formula is C30H37NO7. The predicted molar refractivity (Wildman–Crippen MR) is 143 cm³/mol. The summed E-state index contributed by atoms with van der Waals surface area (Å²) in [5.74, 6) is -3.40. The van der Waals surface area contributed by atoms with Crippen LogP contribution in [0.15, 0.2) is 48.5 Å². The second-order valence-corrected chi connectivity index (χ2v) is 11.0. The summed E-state index contributed by atoms with van der Waals surface area (Å²) < 4.78 is 11.0. The van der Waals surface area contributed by atoms with Gasteiger partial charge in [0, 0.05) is 18.8 Å². The number of carbonyl (C=O) groups is 4. The summed E-state index contributed by atoms with van der Waals surface area (Å²) in [5.41, 5.74) is 3.61. The van der Waals surface area contributed by atoms with Gasteiger partial charge in [0.1, 0.15) is 12.2 Å². The van der Waals surface area contributed by atoms with Gasteiger partial charge in [-0.1, -0.05) is 62.4 Å². The minimum Gasteiger partial charge on any atom is -0.481 e. The number of nitrogens with one attached hydrogen (secondary N) is 1. The van der Waals surface area contributed by atoms with Crippen LogP contribution >= 0.6 is 0 Å². The molecule has 0 spiro atoms. The van der Waals surface area contributed by atoms with Crippen LogP contribution in [0.4, 0.5) is 4.79 Å². The maximum atomic E-state index is 13.2. The van der Waals surface area contributed by atoms with E-state index in [1.165, 1.54) is 0 Å². The van der Waals surface area contributed by atoms with Crippen LogP contribution in [0.3, 0.4) is 0 Å². The summed E-state index contributed by atoms with van der Waals surface area (Å²) in [6.07, 6.45) is -1.28. The predicted octanol–water partition coefficient (Wildman–Crippen LogP) is 5.33. The number of carboxylic acid groups (broad SMARTS) is 1. The van der Waals surface area contributed by atoms with Crippen LogP contribution in [-0.4, -0.2) is 47.2 Å². The normalized spacial score (nSPS) is 14.3. The van der Waals surface area contributed by atoms with Gasteiger partial charge < -0.3 is 19.9 Å². The summed E-state index contributed by atoms with van der Waals surface area (Å²) in [6, 6.07) is 15.1. The number of carbonyl (C=O) groups excluding carboxylic acids is 3. The van der Waals surface area contributed by atoms with Gasteiger partial charge in [-0.2, -0.15) is 0 Å². The molecule has 0 unspecified atom stereocenters. The molecule has 2 aromatic rings. The highest BCUT2D eigenvalue weighted by atomic mass is 16.6. The smallest absolute Gasteiger partial charge is 0.407 e. The topological polar surface area (TPSA) is 119 Å². The summed E-state index contributed by atoms with van der Waals surface area (Å²) >= 11 is 0. The summed E-state index contributed by atoms with van der Waals surface area (Å²) in [4.78, 5) is 49.8. The second kappa shape index (κ2) is 12.2. The lowest BCUT2D eigenvalue weighted by Crippen LogP contribution is -2.46. The third-order valence-electron chi connectivity index (χ3n) is 6.52. The molecule has 0 aliphatic heterocycles. The molecule has 2 atom stereocenters. The number of benzene rings is 2. The molecule has 1 amide bonds. The van der Waals surface area contributed by atoms with Gasteiger partial charge in [0.15, 0.2) is 5.78 Å². The van der Waals surface area contributed by atoms with Gasteiger partial charge in [0.2, 0.25) is 0 Å². The van der Waals surface area contributed by atoms with Gasteiger partial charge in [0.25, 0.3) is 0 Å². The van der Waals surface area contributed by atoms with Crippen molar-refractivity contribution in [2.24, 2.45) is 11.8 Å². The Morgan fingerprint density at radius 1 is 0.947 bits per heavy atom. The molecule has 0 saturated carbocycles. The quantitative estimate of drug-likeness (QED) is 0.382. The minimum atomic E-state index is -1.07. The van der Waals surface area contributed by atoms with Crippen molar-refractivity contribution in [3.63, 3.8) is 0 Å². The van der Waals surface area contributed by atoms with Crippen LogP contribution in [0.25, 0.3) is 11.1 Å². The van der Waals surface area contributed by atoms with E-state index in [9.17, 15) is 19.2 Å². The van der Waals surface area contributed by atoms with Crippen molar-refractivity contribution in [3.8, 4) is 11.1 Å². The molecule has 2 aromatic carbocycles. The average Bonchev–Trinajstić information content (AvgIpc) is 3.16. The van der Waals surface area contributed by atoms with Gasteiger partial charge in [-0.15, -0.1) is 0 Å². The Hall–Kier alpha value is -3.68. The molecule has 8 nitrogen and oxygen atoms in total. The van der Waals surface area contributed by atoms with Crippen molar-refractivity contribution in [1.29, 1.82) is 0 Å². The monoisotopic (exact) mass is 523 g/mol. The van der Waals surface area contributed by atoms with Gasteiger partial charge in [-0.05, 0) is 55.4 Å². The molecule has 0 aromatic heterocycles. The highest BCUT2D eigenvalue weighted by Crippen LogP contribution is 2.44. The lowest BCUT2D eigenvalue weighted by Gasteiger charge is -2.26. The third kappa shape index (κ3) is 7.43. The highest BCUT2D eigenvalue weighted by molar-refractivity contribution is 5.91. The van der Waals surface area contributed by atoms with E-state index in [0.717, 1.165) is 22.3 Å². The molecule has 0 radical (unpaired) electrons. The highest BCUT2D eigenvalue weighted by Gasteiger charge is 2.33. The standard InChI is InChI=1S/C30H37NO7/c1-18(2)27(25(32)16-19(14-15-26(33)34)28(35)38-30(3,4)5)31-29(36)37-17-24-22-12-8-6-10-20(22)21-11-7-9-13-23(21)24/h6-13,18-19,24,27H,14-17H2,1-5H3,(H,31,36)(H,33,34)/t19-,27+/m1/s1. The molecule has 1 aliphatic carbocycles. The van der Waals surface area contributed by atoms with Gasteiger partial charge in [0.05, 0.1) is 12.0 Å². The van der Waals surface area contributed by atoms with E-state index in [-0.39, 0.29) is 43.5 Å². The van der Waals surface area contributed by atoms with E-state index in [1.807, 2.05) is 48.5 Å². The van der Waals surface area contributed by atoms with Crippen molar-refractivity contribution in [2.45, 2.75) is 71.4 Å². The fraction of sp³-hybridized carbons (Fsp3) is 0.467. The van der Waals surface area contributed by atoms with Crippen molar-refractivity contribution in [2.75, 3.05) is 6.61 Å². The Morgan fingerprint density at radius 3 is 2.00 bits per heavy atom. The number of carboxylic acids is 1. The number of esters is 1. The van der Waals surface area contributed by atoms with Crippen LogP contribution in [0, 0.1) is 11.8 Å². The number of aliphatic carboxylic acids is 1. The number of Topliss-reactive ketones (excluding diaryl/α,β-unsaturated/α-hetero) is 1. The first kappa shape index (κ1) is 28.9. The van der Waals surface area contributed by atoms with E-state index >= 15 is 0 Å². The number of hydrogen-bond donors (Lipinski definition) is 2. The van der Waals surface area contributed by atoms with Crippen LogP contribution in [0.1, 0.15) is 70.9 Å². The maximum absolute atomic E-state index is 13.2. The number of ether oxygens (including phenoxy) is 2. The van der Waals surface area contributed by atoms with Crippen molar-refractivity contribution >= 4 is 23.8 Å². The average molecular weight is 524 g/mol. The zero-order valence-electron chi connectivity index (χ0n) is 22.7. The van der Waals surface area contributed by atoms with Crippen molar-refractivity contribution in [3.05, 3.63) is 59.7 Å². The first-order chi connectivity index (χ1) is 17.9. The van der Waals surface area contributed by atoms with E-state index in [2.05, 4.69) is 5.32 Å². The molecule has 8 heteroatoms. The minimum absolute atomic E-state index is 0.0360. The van der Waals surface area contributed by atoms with Crippen LogP contribution < -0.4 is 5.32 Å².